The van der Waals surface area contributed by atoms with Gasteiger partial charge in [-0.2, -0.15) is 0 Å². The minimum absolute atomic E-state index is 0.339. The van der Waals surface area contributed by atoms with Gasteiger partial charge in [-0.15, -0.1) is 0 Å². The number of imidazole rings is 1. The van der Waals surface area contributed by atoms with E-state index in [1.54, 1.807) is 0 Å². The highest BCUT2D eigenvalue weighted by molar-refractivity contribution is 5.80. The number of nitrogens with zero attached hydrogens (tertiary/aromatic N) is 4. The van der Waals surface area contributed by atoms with Crippen LogP contribution in [-0.4, -0.2) is 53.8 Å². The number of nitrogens with one attached hydrogen (secondary N) is 1. The van der Waals surface area contributed by atoms with Crippen molar-refractivity contribution in [1.29, 1.82) is 0 Å². The van der Waals surface area contributed by atoms with Gasteiger partial charge < -0.3 is 19.5 Å². The third kappa shape index (κ3) is 4.16. The van der Waals surface area contributed by atoms with Crippen molar-refractivity contribution in [2.45, 2.75) is 32.4 Å². The maximum absolute atomic E-state index is 5.64. The summed E-state index contributed by atoms with van der Waals surface area (Å²) < 4.78 is 7.87. The summed E-state index contributed by atoms with van der Waals surface area (Å²) in [7, 11) is 1.86. The molecule has 1 aromatic carbocycles. The summed E-state index contributed by atoms with van der Waals surface area (Å²) in [6, 6.07) is 10.6. The highest BCUT2D eigenvalue weighted by atomic mass is 16.5. The van der Waals surface area contributed by atoms with Gasteiger partial charge in [0.05, 0.1) is 13.2 Å². The summed E-state index contributed by atoms with van der Waals surface area (Å²) in [4.78, 5) is 11.4. The number of aryl methyl sites for hydroxylation is 2. The van der Waals surface area contributed by atoms with Gasteiger partial charge in [0.2, 0.25) is 0 Å². The molecule has 0 aliphatic carbocycles. The number of ether oxygens (including phenoxy) is 1. The van der Waals surface area contributed by atoms with Gasteiger partial charge in [-0.1, -0.05) is 30.3 Å². The number of hydrogen-bond donors (Lipinski definition) is 1. The fourth-order valence-corrected chi connectivity index (χ4v) is 4.18. The normalized spacial score (nSPS) is 22.7. The molecule has 27 heavy (non-hydrogen) atoms. The molecule has 2 fully saturated rings. The number of likely N-dealkylation sites (tertiary alicyclic amines) is 1. The molecule has 2 aromatic rings. The summed E-state index contributed by atoms with van der Waals surface area (Å²) in [5.41, 5.74) is 1.69. The molecule has 1 unspecified atom stereocenters. The molecule has 3 heterocycles. The van der Waals surface area contributed by atoms with Crippen LogP contribution in [0.2, 0.25) is 0 Å². The fraction of sp³-hybridized carbons (Fsp3) is 0.524. The standard InChI is InChI=1S/C21H29N5O/c1-22-20(26-12-8-21(16-26)9-14-27-17-21)24-15-19-23-10-13-25(19)11-7-18-5-3-2-4-6-18/h2-6,10,13H,7-9,11-12,14-17H2,1H3,(H,22,24). The lowest BCUT2D eigenvalue weighted by Gasteiger charge is -2.25. The van der Waals surface area contributed by atoms with Gasteiger partial charge in [-0.3, -0.25) is 4.99 Å². The summed E-state index contributed by atoms with van der Waals surface area (Å²) in [6.07, 6.45) is 7.31. The highest BCUT2D eigenvalue weighted by Gasteiger charge is 2.42. The van der Waals surface area contributed by atoms with Crippen molar-refractivity contribution >= 4 is 5.96 Å². The van der Waals surface area contributed by atoms with Crippen molar-refractivity contribution in [2.24, 2.45) is 10.4 Å². The first-order valence-corrected chi connectivity index (χ1v) is 9.85. The fourth-order valence-electron chi connectivity index (χ4n) is 4.18. The van der Waals surface area contributed by atoms with E-state index in [0.29, 0.717) is 12.0 Å². The molecule has 2 aliphatic heterocycles. The van der Waals surface area contributed by atoms with Crippen molar-refractivity contribution < 1.29 is 4.74 Å². The van der Waals surface area contributed by atoms with E-state index in [1.807, 2.05) is 13.2 Å². The third-order valence-corrected chi connectivity index (χ3v) is 5.83. The smallest absolute Gasteiger partial charge is 0.194 e. The topological polar surface area (TPSA) is 54.7 Å². The van der Waals surface area contributed by atoms with Crippen LogP contribution in [0.15, 0.2) is 47.7 Å². The van der Waals surface area contributed by atoms with E-state index in [-0.39, 0.29) is 0 Å². The van der Waals surface area contributed by atoms with Crippen molar-refractivity contribution in [3.05, 3.63) is 54.1 Å². The van der Waals surface area contributed by atoms with Crippen molar-refractivity contribution in [1.82, 2.24) is 19.8 Å². The molecule has 0 bridgehead atoms. The average Bonchev–Trinajstić information content (AvgIpc) is 3.45. The van der Waals surface area contributed by atoms with Gasteiger partial charge in [-0.05, 0) is 24.8 Å². The Bertz CT molecular complexity index is 764. The number of aliphatic imine (C=N–C) groups is 1. The summed E-state index contributed by atoms with van der Waals surface area (Å²) in [5.74, 6) is 2.02. The van der Waals surface area contributed by atoms with Crippen LogP contribution < -0.4 is 5.32 Å². The summed E-state index contributed by atoms with van der Waals surface area (Å²) >= 11 is 0. The average molecular weight is 367 g/mol. The first-order chi connectivity index (χ1) is 13.3. The zero-order valence-corrected chi connectivity index (χ0v) is 16.1. The predicted octanol–water partition coefficient (Wildman–Crippen LogP) is 2.31. The molecule has 6 heteroatoms. The van der Waals surface area contributed by atoms with E-state index in [1.165, 1.54) is 18.4 Å². The van der Waals surface area contributed by atoms with E-state index < -0.39 is 0 Å². The van der Waals surface area contributed by atoms with Crippen molar-refractivity contribution in [3.8, 4) is 0 Å². The Balaban J connectivity index is 1.32. The van der Waals surface area contributed by atoms with Crippen LogP contribution in [0, 0.1) is 5.41 Å². The minimum atomic E-state index is 0.339. The molecule has 1 atom stereocenters. The molecule has 144 valence electrons. The second kappa shape index (κ2) is 8.13. The van der Waals surface area contributed by atoms with E-state index in [0.717, 1.165) is 51.1 Å². The van der Waals surface area contributed by atoms with Crippen LogP contribution >= 0.6 is 0 Å². The Kier molecular flexibility index (Phi) is 5.43. The maximum Gasteiger partial charge on any atom is 0.194 e. The molecule has 0 amide bonds. The quantitative estimate of drug-likeness (QED) is 0.651. The van der Waals surface area contributed by atoms with Crippen molar-refractivity contribution in [3.63, 3.8) is 0 Å². The maximum atomic E-state index is 5.64. The van der Waals surface area contributed by atoms with Gasteiger partial charge in [0.1, 0.15) is 5.82 Å². The third-order valence-electron chi connectivity index (χ3n) is 5.83. The lowest BCUT2D eigenvalue weighted by Crippen LogP contribution is -2.41. The molecule has 1 aromatic heterocycles. The molecular weight excluding hydrogens is 338 g/mol. The van der Waals surface area contributed by atoms with Gasteiger partial charge in [0.15, 0.2) is 5.96 Å². The lowest BCUT2D eigenvalue weighted by atomic mass is 9.87. The Morgan fingerprint density at radius 1 is 1.30 bits per heavy atom. The number of benzene rings is 1. The Labute approximate surface area is 161 Å². The number of aromatic nitrogens is 2. The first-order valence-electron chi connectivity index (χ1n) is 9.85. The van der Waals surface area contributed by atoms with Gasteiger partial charge in [0, 0.05) is 51.1 Å². The van der Waals surface area contributed by atoms with Crippen LogP contribution in [0.5, 0.6) is 0 Å². The van der Waals surface area contributed by atoms with E-state index in [9.17, 15) is 0 Å². The second-order valence-electron chi connectivity index (χ2n) is 7.65. The van der Waals surface area contributed by atoms with Crippen LogP contribution in [0.1, 0.15) is 24.2 Å². The van der Waals surface area contributed by atoms with E-state index >= 15 is 0 Å². The largest absolute Gasteiger partial charge is 0.381 e. The molecule has 2 aliphatic rings. The minimum Gasteiger partial charge on any atom is -0.381 e. The molecule has 4 rings (SSSR count). The second-order valence-corrected chi connectivity index (χ2v) is 7.65. The van der Waals surface area contributed by atoms with Crippen LogP contribution in [0.25, 0.3) is 0 Å². The SMILES string of the molecule is CN=C(NCc1nccn1CCc1ccccc1)N1CCC2(CCOC2)C1. The molecule has 0 radical (unpaired) electrons. The monoisotopic (exact) mass is 367 g/mol. The zero-order valence-electron chi connectivity index (χ0n) is 16.1. The van der Waals surface area contributed by atoms with E-state index in [4.69, 9.17) is 4.74 Å². The zero-order chi connectivity index (χ0) is 18.5. The van der Waals surface area contributed by atoms with Crippen molar-refractivity contribution in [2.75, 3.05) is 33.4 Å². The number of guanidine groups is 1. The Morgan fingerprint density at radius 3 is 2.96 bits per heavy atom. The predicted molar refractivity (Wildman–Crippen MR) is 107 cm³/mol. The van der Waals surface area contributed by atoms with Crippen LogP contribution in [0.4, 0.5) is 0 Å². The van der Waals surface area contributed by atoms with Gasteiger partial charge in [0.25, 0.3) is 0 Å². The Hall–Kier alpha value is -2.34. The number of rotatable bonds is 5. The molecule has 1 spiro atoms. The molecule has 1 N–H and O–H groups in total. The molecular formula is C21H29N5O. The Morgan fingerprint density at radius 2 is 2.19 bits per heavy atom. The van der Waals surface area contributed by atoms with Gasteiger partial charge in [-0.25, -0.2) is 4.98 Å². The van der Waals surface area contributed by atoms with Gasteiger partial charge >= 0.3 is 0 Å². The molecule has 0 saturated carbocycles. The summed E-state index contributed by atoms with van der Waals surface area (Å²) in [6.45, 7) is 5.50. The lowest BCUT2D eigenvalue weighted by molar-refractivity contribution is 0.156. The first kappa shape index (κ1) is 18.0. The molecule has 6 nitrogen and oxygen atoms in total. The van der Waals surface area contributed by atoms with E-state index in [2.05, 4.69) is 61.3 Å². The molecule has 2 saturated heterocycles. The van der Waals surface area contributed by atoms with Crippen LogP contribution in [-0.2, 0) is 24.2 Å². The van der Waals surface area contributed by atoms with Crippen LogP contribution in [0.3, 0.4) is 0 Å². The number of hydrogen-bond acceptors (Lipinski definition) is 3. The highest BCUT2D eigenvalue weighted by Crippen LogP contribution is 2.38. The summed E-state index contributed by atoms with van der Waals surface area (Å²) in [5, 5.41) is 3.51.